The quantitative estimate of drug-likeness (QED) is 0.640. The van der Waals surface area contributed by atoms with Crippen molar-refractivity contribution in [3.63, 3.8) is 0 Å². The molecular formula is C11H9N3O5. The summed E-state index contributed by atoms with van der Waals surface area (Å²) in [6.07, 6.45) is 0. The summed E-state index contributed by atoms with van der Waals surface area (Å²) in [7, 11) is 1.32. The van der Waals surface area contributed by atoms with Crippen LogP contribution in [-0.2, 0) is 0 Å². The van der Waals surface area contributed by atoms with E-state index in [0.29, 0.717) is 0 Å². The number of carbonyl (C=O) groups is 1. The van der Waals surface area contributed by atoms with Crippen LogP contribution >= 0.6 is 0 Å². The first kappa shape index (κ1) is 12.6. The van der Waals surface area contributed by atoms with Gasteiger partial charge in [-0.05, 0) is 18.2 Å². The summed E-state index contributed by atoms with van der Waals surface area (Å²) in [4.78, 5) is 21.3. The van der Waals surface area contributed by atoms with Gasteiger partial charge in [-0.1, -0.05) is 6.07 Å². The second-order valence-electron chi connectivity index (χ2n) is 3.59. The van der Waals surface area contributed by atoms with Crippen LogP contribution in [0.2, 0.25) is 0 Å². The first-order valence-corrected chi connectivity index (χ1v) is 5.15. The fourth-order valence-corrected chi connectivity index (χ4v) is 1.65. The van der Waals surface area contributed by atoms with Gasteiger partial charge in [0.1, 0.15) is 5.69 Å². The van der Waals surface area contributed by atoms with Crippen molar-refractivity contribution in [2.45, 2.75) is 0 Å². The molecule has 0 unspecified atom stereocenters. The van der Waals surface area contributed by atoms with Gasteiger partial charge in [0.2, 0.25) is 0 Å². The molecule has 0 radical (unpaired) electrons. The minimum absolute atomic E-state index is 0.0855. The average molecular weight is 263 g/mol. The molecule has 0 saturated heterocycles. The fourth-order valence-electron chi connectivity index (χ4n) is 1.65. The lowest BCUT2D eigenvalue weighted by molar-refractivity contribution is -0.385. The highest BCUT2D eigenvalue weighted by Gasteiger charge is 2.23. The first-order valence-electron chi connectivity index (χ1n) is 5.15. The lowest BCUT2D eigenvalue weighted by atomic mass is 10.1. The number of hydrogen-bond donors (Lipinski definition) is 2. The third-order valence-electron chi connectivity index (χ3n) is 2.49. The minimum Gasteiger partial charge on any atom is -0.490 e. The van der Waals surface area contributed by atoms with Gasteiger partial charge in [-0.3, -0.25) is 15.2 Å². The van der Waals surface area contributed by atoms with Crippen molar-refractivity contribution in [3.8, 4) is 17.0 Å². The van der Waals surface area contributed by atoms with Gasteiger partial charge < -0.3 is 9.84 Å². The summed E-state index contributed by atoms with van der Waals surface area (Å²) in [5, 5.41) is 25.9. The molecule has 0 aliphatic carbocycles. The molecule has 0 spiro atoms. The molecule has 2 N–H and O–H groups in total. The largest absolute Gasteiger partial charge is 0.490 e. The van der Waals surface area contributed by atoms with Crippen molar-refractivity contribution in [1.82, 2.24) is 10.2 Å². The molecule has 1 aromatic heterocycles. The maximum atomic E-state index is 11.1. The average Bonchev–Trinajstić information content (AvgIpc) is 2.87. The molecule has 98 valence electrons. The second kappa shape index (κ2) is 4.77. The first-order chi connectivity index (χ1) is 9.04. The molecular weight excluding hydrogens is 254 g/mol. The van der Waals surface area contributed by atoms with Gasteiger partial charge >= 0.3 is 11.7 Å². The van der Waals surface area contributed by atoms with Crippen molar-refractivity contribution in [2.75, 3.05) is 7.11 Å². The molecule has 1 aromatic carbocycles. The number of carboxylic acid groups (broad SMARTS) is 1. The van der Waals surface area contributed by atoms with E-state index in [2.05, 4.69) is 10.2 Å². The van der Waals surface area contributed by atoms with E-state index in [4.69, 9.17) is 9.84 Å². The van der Waals surface area contributed by atoms with Crippen LogP contribution in [-0.4, -0.2) is 33.3 Å². The van der Waals surface area contributed by atoms with Crippen LogP contribution in [0.5, 0.6) is 5.75 Å². The summed E-state index contributed by atoms with van der Waals surface area (Å²) in [6, 6.07) is 5.72. The summed E-state index contributed by atoms with van der Waals surface area (Å²) in [5.74, 6) is -1.10. The van der Waals surface area contributed by atoms with Gasteiger partial charge in [-0.15, -0.1) is 0 Å². The maximum Gasteiger partial charge on any atom is 0.353 e. The van der Waals surface area contributed by atoms with Gasteiger partial charge in [0.25, 0.3) is 0 Å². The summed E-state index contributed by atoms with van der Waals surface area (Å²) in [5.41, 5.74) is -0.0448. The molecule has 0 fully saturated rings. The Hall–Kier alpha value is -2.90. The third kappa shape index (κ3) is 2.23. The molecule has 2 aromatic rings. The normalized spacial score (nSPS) is 10.2. The number of carboxylic acids is 1. The van der Waals surface area contributed by atoms with Crippen molar-refractivity contribution < 1.29 is 19.6 Å². The van der Waals surface area contributed by atoms with E-state index in [1.165, 1.54) is 25.3 Å². The molecule has 0 bridgehead atoms. The van der Waals surface area contributed by atoms with Crippen molar-refractivity contribution in [1.29, 1.82) is 0 Å². The van der Waals surface area contributed by atoms with Crippen LogP contribution in [0.15, 0.2) is 24.3 Å². The van der Waals surface area contributed by atoms with E-state index in [9.17, 15) is 14.9 Å². The Morgan fingerprint density at radius 1 is 1.53 bits per heavy atom. The molecule has 2 rings (SSSR count). The number of methoxy groups -OCH3 is 1. The number of aromatic amines is 1. The van der Waals surface area contributed by atoms with E-state index >= 15 is 0 Å². The number of rotatable bonds is 4. The number of aromatic carboxylic acids is 1. The van der Waals surface area contributed by atoms with Crippen LogP contribution in [0.3, 0.4) is 0 Å². The van der Waals surface area contributed by atoms with Gasteiger partial charge in [0.15, 0.2) is 5.75 Å². The second-order valence-corrected chi connectivity index (χ2v) is 3.59. The summed E-state index contributed by atoms with van der Waals surface area (Å²) in [6.45, 7) is 0. The number of hydrogen-bond acceptors (Lipinski definition) is 5. The maximum absolute atomic E-state index is 11.1. The van der Waals surface area contributed by atoms with Gasteiger partial charge in [0, 0.05) is 0 Å². The predicted molar refractivity (Wildman–Crippen MR) is 64.2 cm³/mol. The van der Waals surface area contributed by atoms with Crippen molar-refractivity contribution >= 4 is 11.7 Å². The number of nitro groups is 1. The van der Waals surface area contributed by atoms with E-state index in [0.717, 1.165) is 0 Å². The third-order valence-corrected chi connectivity index (χ3v) is 2.49. The lowest BCUT2D eigenvalue weighted by Gasteiger charge is -2.04. The standard InChI is InChI=1S/C11H9N3O5/c1-19-9-4-2-3-6(10(9)14(17)18)7-5-8(11(15)16)13-12-7/h2-5H,1H3,(H,12,13)(H,15,16). The monoisotopic (exact) mass is 263 g/mol. The molecule has 8 nitrogen and oxygen atoms in total. The van der Waals surface area contributed by atoms with Crippen LogP contribution in [0.25, 0.3) is 11.3 Å². The Labute approximate surface area is 106 Å². The van der Waals surface area contributed by atoms with E-state index in [1.54, 1.807) is 6.07 Å². The smallest absolute Gasteiger partial charge is 0.353 e. The molecule has 0 atom stereocenters. The van der Waals surface area contributed by atoms with E-state index in [-0.39, 0.29) is 28.4 Å². The van der Waals surface area contributed by atoms with Gasteiger partial charge in [0.05, 0.1) is 23.3 Å². The number of para-hydroxylation sites is 1. The molecule has 8 heteroatoms. The zero-order chi connectivity index (χ0) is 14.0. The molecule has 0 amide bonds. The van der Waals surface area contributed by atoms with Crippen LogP contribution < -0.4 is 4.74 Å². The summed E-state index contributed by atoms with van der Waals surface area (Å²) >= 11 is 0. The molecule has 1 heterocycles. The zero-order valence-corrected chi connectivity index (χ0v) is 9.78. The van der Waals surface area contributed by atoms with Crippen LogP contribution in [0, 0.1) is 10.1 Å². The molecule has 0 aliphatic rings. The summed E-state index contributed by atoms with van der Waals surface area (Å²) < 4.78 is 4.93. The Bertz CT molecular complexity index is 650. The van der Waals surface area contributed by atoms with Gasteiger partial charge in [-0.2, -0.15) is 5.10 Å². The number of nitrogens with zero attached hydrogens (tertiary/aromatic N) is 2. The topological polar surface area (TPSA) is 118 Å². The van der Waals surface area contributed by atoms with Crippen molar-refractivity contribution in [2.24, 2.45) is 0 Å². The molecule has 0 saturated carbocycles. The van der Waals surface area contributed by atoms with Crippen LogP contribution in [0.1, 0.15) is 10.5 Å². The molecule has 0 aliphatic heterocycles. The minimum atomic E-state index is -1.19. The van der Waals surface area contributed by atoms with E-state index < -0.39 is 10.9 Å². The number of aromatic nitrogens is 2. The van der Waals surface area contributed by atoms with Crippen molar-refractivity contribution in [3.05, 3.63) is 40.1 Å². The Balaban J connectivity index is 2.60. The zero-order valence-electron chi connectivity index (χ0n) is 9.78. The number of ether oxygens (including phenoxy) is 1. The Kier molecular flexibility index (Phi) is 3.15. The Morgan fingerprint density at radius 3 is 2.79 bits per heavy atom. The Morgan fingerprint density at radius 2 is 2.26 bits per heavy atom. The fraction of sp³-hybridized carbons (Fsp3) is 0.0909. The lowest BCUT2D eigenvalue weighted by Crippen LogP contribution is -1.96. The number of nitrogens with one attached hydrogen (secondary N) is 1. The number of H-pyrrole nitrogens is 1. The number of benzene rings is 1. The number of nitro benzene ring substituents is 1. The highest BCUT2D eigenvalue weighted by molar-refractivity contribution is 5.87. The van der Waals surface area contributed by atoms with Gasteiger partial charge in [-0.25, -0.2) is 4.79 Å². The predicted octanol–water partition coefficient (Wildman–Crippen LogP) is 1.69. The highest BCUT2D eigenvalue weighted by Crippen LogP contribution is 2.36. The molecule has 19 heavy (non-hydrogen) atoms. The SMILES string of the molecule is COc1cccc(-c2cc(C(=O)O)[nH]n2)c1[N+](=O)[O-]. The van der Waals surface area contributed by atoms with E-state index in [1.807, 2.05) is 0 Å². The highest BCUT2D eigenvalue weighted by atomic mass is 16.6. The van der Waals surface area contributed by atoms with Crippen LogP contribution in [0.4, 0.5) is 5.69 Å².